The third kappa shape index (κ3) is 7.47. The fraction of sp³-hybridized carbons (Fsp3) is 0.688. The molecule has 5 atom stereocenters. The van der Waals surface area contributed by atoms with Crippen LogP contribution in [0.15, 0.2) is 0 Å². The fourth-order valence-electron chi connectivity index (χ4n) is 2.45. The van der Waals surface area contributed by atoms with Crippen molar-refractivity contribution in [1.82, 2.24) is 0 Å². The molecule has 0 aromatic heterocycles. The standard InChI is InChI=1S/C16H22O10S/c1-7(17)21-6-12-13(22-8(2)18)14(23-9(3)19)15(24-10(4)20)16(26-12)25-11(5)27/h12-16H,6H2,1-5H3/t12-,13+,14+,15-,16?/m1/s1. The van der Waals surface area contributed by atoms with Crippen molar-refractivity contribution in [2.75, 3.05) is 6.61 Å². The Hall–Kier alpha value is -2.27. The van der Waals surface area contributed by atoms with Gasteiger partial charge in [-0.05, 0) is 12.2 Å². The lowest BCUT2D eigenvalue weighted by Crippen LogP contribution is -2.63. The molecule has 0 bridgehead atoms. The Labute approximate surface area is 161 Å². The molecule has 1 unspecified atom stereocenters. The lowest BCUT2D eigenvalue weighted by Gasteiger charge is -2.43. The number of hydrogen-bond donors (Lipinski definition) is 0. The van der Waals surface area contributed by atoms with Crippen molar-refractivity contribution in [3.05, 3.63) is 0 Å². The van der Waals surface area contributed by atoms with E-state index in [1.807, 2.05) is 0 Å². The number of ether oxygens (including phenoxy) is 6. The molecule has 11 heteroatoms. The maximum atomic E-state index is 11.6. The summed E-state index contributed by atoms with van der Waals surface area (Å²) in [5.74, 6) is -2.74. The molecule has 1 aliphatic rings. The molecule has 0 aliphatic carbocycles. The van der Waals surface area contributed by atoms with Gasteiger partial charge in [0.05, 0.1) is 0 Å². The molecule has 0 saturated carbocycles. The molecule has 10 nitrogen and oxygen atoms in total. The van der Waals surface area contributed by atoms with E-state index in [9.17, 15) is 19.2 Å². The van der Waals surface area contributed by atoms with Gasteiger partial charge in [0.2, 0.25) is 12.4 Å². The van der Waals surface area contributed by atoms with Gasteiger partial charge in [-0.15, -0.1) is 0 Å². The summed E-state index contributed by atoms with van der Waals surface area (Å²) in [6.45, 7) is 5.73. The second-order valence-electron chi connectivity index (χ2n) is 5.68. The summed E-state index contributed by atoms with van der Waals surface area (Å²) < 4.78 is 31.6. The maximum absolute atomic E-state index is 11.6. The molecular formula is C16H22O10S. The number of rotatable bonds is 6. The minimum Gasteiger partial charge on any atom is -0.463 e. The van der Waals surface area contributed by atoms with E-state index >= 15 is 0 Å². The minimum atomic E-state index is -1.28. The molecule has 0 spiro atoms. The van der Waals surface area contributed by atoms with Crippen molar-refractivity contribution in [2.24, 2.45) is 0 Å². The van der Waals surface area contributed by atoms with Gasteiger partial charge < -0.3 is 28.4 Å². The quantitative estimate of drug-likeness (QED) is 0.346. The van der Waals surface area contributed by atoms with E-state index < -0.39 is 54.6 Å². The smallest absolute Gasteiger partial charge is 0.303 e. The van der Waals surface area contributed by atoms with E-state index in [4.69, 9.17) is 40.6 Å². The average molecular weight is 406 g/mol. The van der Waals surface area contributed by atoms with Crippen LogP contribution >= 0.6 is 12.2 Å². The second kappa shape index (κ2) is 10.2. The van der Waals surface area contributed by atoms with Crippen molar-refractivity contribution in [1.29, 1.82) is 0 Å². The van der Waals surface area contributed by atoms with Crippen LogP contribution in [-0.2, 0) is 47.6 Å². The van der Waals surface area contributed by atoms with Crippen LogP contribution in [0.4, 0.5) is 0 Å². The molecule has 1 rings (SSSR count). The summed E-state index contributed by atoms with van der Waals surface area (Å²) in [5.41, 5.74) is 0. The summed E-state index contributed by atoms with van der Waals surface area (Å²) >= 11 is 4.89. The van der Waals surface area contributed by atoms with Crippen LogP contribution in [0.25, 0.3) is 0 Å². The van der Waals surface area contributed by atoms with Crippen molar-refractivity contribution in [3.8, 4) is 0 Å². The summed E-state index contributed by atoms with van der Waals surface area (Å²) in [7, 11) is 0. The number of thiocarbonyl (C=S) groups is 1. The van der Waals surface area contributed by atoms with Crippen LogP contribution in [-0.4, -0.2) is 66.2 Å². The third-order valence-electron chi connectivity index (χ3n) is 3.23. The summed E-state index contributed by atoms with van der Waals surface area (Å²) in [6.07, 6.45) is -6.11. The summed E-state index contributed by atoms with van der Waals surface area (Å²) in [6, 6.07) is 0. The third-order valence-corrected chi connectivity index (χ3v) is 3.33. The molecule has 0 aromatic carbocycles. The molecule has 1 heterocycles. The second-order valence-corrected chi connectivity index (χ2v) is 6.25. The Kier molecular flexibility index (Phi) is 8.57. The Bertz CT molecular complexity index is 604. The average Bonchev–Trinajstić information content (AvgIpc) is 2.49. The molecule has 1 aliphatic heterocycles. The minimum absolute atomic E-state index is 0.0656. The van der Waals surface area contributed by atoms with Crippen LogP contribution in [0.1, 0.15) is 34.6 Å². The van der Waals surface area contributed by atoms with E-state index in [0.29, 0.717) is 0 Å². The zero-order chi connectivity index (χ0) is 20.7. The van der Waals surface area contributed by atoms with E-state index in [0.717, 1.165) is 20.8 Å². The first kappa shape index (κ1) is 22.8. The van der Waals surface area contributed by atoms with Crippen LogP contribution in [0, 0.1) is 0 Å². The van der Waals surface area contributed by atoms with Crippen LogP contribution < -0.4 is 0 Å². The summed E-state index contributed by atoms with van der Waals surface area (Å²) in [5, 5.41) is 0.0656. The maximum Gasteiger partial charge on any atom is 0.303 e. The van der Waals surface area contributed by atoms with E-state index in [1.165, 1.54) is 13.8 Å². The number of carbonyl (C=O) groups is 4. The van der Waals surface area contributed by atoms with Crippen LogP contribution in [0.5, 0.6) is 0 Å². The summed E-state index contributed by atoms with van der Waals surface area (Å²) in [4.78, 5) is 45.8. The molecule has 27 heavy (non-hydrogen) atoms. The van der Waals surface area contributed by atoms with Crippen molar-refractivity contribution in [2.45, 2.75) is 65.3 Å². The first-order valence-corrected chi connectivity index (χ1v) is 8.39. The first-order valence-electron chi connectivity index (χ1n) is 7.99. The SMILES string of the molecule is CC(=O)OC[C@H]1OC(OC(C)=S)[C@H](OC(C)=O)[C@@H](OC(C)=O)[C@H]1OC(C)=O. The van der Waals surface area contributed by atoms with Crippen molar-refractivity contribution in [3.63, 3.8) is 0 Å². The normalized spacial score (nSPS) is 27.1. The van der Waals surface area contributed by atoms with Gasteiger partial charge in [0, 0.05) is 34.6 Å². The molecule has 0 N–H and O–H groups in total. The van der Waals surface area contributed by atoms with Gasteiger partial charge in [0.1, 0.15) is 12.7 Å². The highest BCUT2D eigenvalue weighted by atomic mass is 32.1. The van der Waals surface area contributed by atoms with Gasteiger partial charge in [0.25, 0.3) is 0 Å². The van der Waals surface area contributed by atoms with E-state index in [1.54, 1.807) is 0 Å². The monoisotopic (exact) mass is 406 g/mol. The zero-order valence-electron chi connectivity index (χ0n) is 15.6. The van der Waals surface area contributed by atoms with Crippen molar-refractivity contribution >= 4 is 41.1 Å². The van der Waals surface area contributed by atoms with Gasteiger partial charge >= 0.3 is 23.9 Å². The topological polar surface area (TPSA) is 124 Å². The van der Waals surface area contributed by atoms with Gasteiger partial charge in [-0.1, -0.05) is 0 Å². The molecule has 1 saturated heterocycles. The molecule has 0 aromatic rings. The largest absolute Gasteiger partial charge is 0.463 e. The highest BCUT2D eigenvalue weighted by Crippen LogP contribution is 2.30. The van der Waals surface area contributed by atoms with E-state index in [2.05, 4.69) is 0 Å². The predicted molar refractivity (Wildman–Crippen MR) is 91.3 cm³/mol. The molecule has 0 amide bonds. The van der Waals surface area contributed by atoms with Gasteiger partial charge in [-0.25, -0.2) is 0 Å². The van der Waals surface area contributed by atoms with Gasteiger partial charge in [-0.3, -0.25) is 19.2 Å². The molecule has 1 fully saturated rings. The van der Waals surface area contributed by atoms with E-state index in [-0.39, 0.29) is 11.7 Å². The number of esters is 4. The Morgan fingerprint density at radius 2 is 1.22 bits per heavy atom. The highest BCUT2D eigenvalue weighted by Gasteiger charge is 2.53. The van der Waals surface area contributed by atoms with Gasteiger partial charge in [0.15, 0.2) is 17.3 Å². The number of carbonyl (C=O) groups excluding carboxylic acids is 4. The molecule has 152 valence electrons. The zero-order valence-corrected chi connectivity index (χ0v) is 16.4. The lowest BCUT2D eigenvalue weighted by atomic mass is 9.98. The Balaban J connectivity index is 3.29. The van der Waals surface area contributed by atoms with Crippen LogP contribution in [0.3, 0.4) is 0 Å². The van der Waals surface area contributed by atoms with Crippen LogP contribution in [0.2, 0.25) is 0 Å². The molecular weight excluding hydrogens is 384 g/mol. The first-order chi connectivity index (χ1) is 12.5. The molecule has 0 radical (unpaired) electrons. The Morgan fingerprint density at radius 3 is 1.67 bits per heavy atom. The predicted octanol–water partition coefficient (Wildman–Crippen LogP) is 0.433. The number of hydrogen-bond acceptors (Lipinski definition) is 11. The highest BCUT2D eigenvalue weighted by molar-refractivity contribution is 7.80. The lowest BCUT2D eigenvalue weighted by molar-refractivity contribution is -0.291. The van der Waals surface area contributed by atoms with Crippen molar-refractivity contribution < 1.29 is 47.6 Å². The Morgan fingerprint density at radius 1 is 0.741 bits per heavy atom. The van der Waals surface area contributed by atoms with Gasteiger partial charge in [-0.2, -0.15) is 0 Å². The fourth-order valence-corrected chi connectivity index (χ4v) is 2.54.